The maximum absolute atomic E-state index is 14.1. The summed E-state index contributed by atoms with van der Waals surface area (Å²) in [5.74, 6) is -0.565. The summed E-state index contributed by atoms with van der Waals surface area (Å²) in [5, 5.41) is 16.8. The summed E-state index contributed by atoms with van der Waals surface area (Å²) in [6.07, 6.45) is 0.566. The van der Waals surface area contributed by atoms with Gasteiger partial charge in [0.15, 0.2) is 0 Å². The second-order valence-corrected chi connectivity index (χ2v) is 12.0. The first-order chi connectivity index (χ1) is 20.1. The highest BCUT2D eigenvalue weighted by Crippen LogP contribution is 2.31. The molecule has 2 N–H and O–H groups in total. The lowest BCUT2D eigenvalue weighted by Crippen LogP contribution is -2.66. The third-order valence-corrected chi connectivity index (χ3v) is 8.08. The quantitative estimate of drug-likeness (QED) is 0.381. The van der Waals surface area contributed by atoms with Crippen LogP contribution in [-0.4, -0.2) is 91.2 Å². The van der Waals surface area contributed by atoms with E-state index in [1.165, 1.54) is 17.0 Å². The van der Waals surface area contributed by atoms with Gasteiger partial charge in [0.05, 0.1) is 25.4 Å². The van der Waals surface area contributed by atoms with Gasteiger partial charge in [-0.2, -0.15) is 10.3 Å². The molecule has 3 aromatic carbocycles. The van der Waals surface area contributed by atoms with Crippen LogP contribution in [0.3, 0.4) is 0 Å². The van der Waals surface area contributed by atoms with Gasteiger partial charge in [-0.05, 0) is 34.0 Å². The molecule has 2 aliphatic heterocycles. The van der Waals surface area contributed by atoms with Gasteiger partial charge in [-0.3, -0.25) is 14.3 Å². The molecular formula is C29H31N7O5S. The molecule has 2 saturated heterocycles. The molecule has 2 fully saturated rings. The number of piperazine rings is 1. The van der Waals surface area contributed by atoms with E-state index >= 15 is 0 Å². The second kappa shape index (κ2) is 11.7. The van der Waals surface area contributed by atoms with Gasteiger partial charge < -0.3 is 15.1 Å². The van der Waals surface area contributed by atoms with Gasteiger partial charge in [0.25, 0.3) is 0 Å². The van der Waals surface area contributed by atoms with Crippen molar-refractivity contribution in [3.63, 3.8) is 0 Å². The zero-order valence-electron chi connectivity index (χ0n) is 23.2. The predicted octanol–water partition coefficient (Wildman–Crippen LogP) is 1.72. The van der Waals surface area contributed by atoms with E-state index < -0.39 is 28.3 Å². The van der Waals surface area contributed by atoms with Crippen molar-refractivity contribution in [1.29, 1.82) is 5.26 Å². The number of sulfonamides is 1. The molecule has 3 aromatic rings. The first-order valence-corrected chi connectivity index (χ1v) is 15.2. The Hall–Kier alpha value is -4.67. The number of hydrogen-bond donors (Lipinski definition) is 2. The number of hydrogen-bond acceptors (Lipinski definition) is 7. The number of rotatable bonds is 8. The Morgan fingerprint density at radius 1 is 1.07 bits per heavy atom. The Labute approximate surface area is 244 Å². The molecule has 0 spiro atoms. The first kappa shape index (κ1) is 28.8. The standard InChI is InChI=1S/C29H31N7O5S/c1-31-29(39)34(15-14-30)35-19-27(37)36-25(16-20-10-12-23(13-11-20)32-42(2,40)41)28(38)33(18-26(35)36)17-22-8-5-7-21-6-3-4-9-24(21)22/h3-13,25-26,32H,15-19H2,1-2H3,(H,31,39)/t25-,26+/m0/s1. The summed E-state index contributed by atoms with van der Waals surface area (Å²) >= 11 is 0. The molecule has 2 heterocycles. The van der Waals surface area contributed by atoms with Crippen LogP contribution >= 0.6 is 0 Å². The molecule has 0 bridgehead atoms. The minimum absolute atomic E-state index is 0.139. The number of benzene rings is 3. The minimum atomic E-state index is -3.46. The Bertz CT molecular complexity index is 1670. The molecule has 0 aliphatic carbocycles. The Kier molecular flexibility index (Phi) is 8.02. The average molecular weight is 590 g/mol. The Morgan fingerprint density at radius 3 is 2.48 bits per heavy atom. The molecule has 12 nitrogen and oxygen atoms in total. The molecule has 218 valence electrons. The van der Waals surface area contributed by atoms with Gasteiger partial charge in [0, 0.05) is 25.7 Å². The third kappa shape index (κ3) is 5.86. The number of carbonyl (C=O) groups is 3. The Balaban J connectivity index is 1.50. The number of carbonyl (C=O) groups excluding carboxylic acids is 3. The van der Waals surface area contributed by atoms with Crippen LogP contribution in [-0.2, 0) is 32.6 Å². The van der Waals surface area contributed by atoms with E-state index in [1.54, 1.807) is 34.2 Å². The fraction of sp³-hybridized carbons (Fsp3) is 0.310. The van der Waals surface area contributed by atoms with Crippen molar-refractivity contribution in [2.24, 2.45) is 0 Å². The van der Waals surface area contributed by atoms with Gasteiger partial charge in [0.1, 0.15) is 18.8 Å². The van der Waals surface area contributed by atoms with Crippen molar-refractivity contribution in [1.82, 2.24) is 25.1 Å². The highest BCUT2D eigenvalue weighted by atomic mass is 32.2. The van der Waals surface area contributed by atoms with E-state index in [9.17, 15) is 28.1 Å². The lowest BCUT2D eigenvalue weighted by atomic mass is 9.99. The van der Waals surface area contributed by atoms with Crippen molar-refractivity contribution >= 4 is 44.3 Å². The maximum atomic E-state index is 14.1. The topological polar surface area (TPSA) is 146 Å². The molecule has 2 atom stereocenters. The monoisotopic (exact) mass is 589 g/mol. The van der Waals surface area contributed by atoms with Crippen molar-refractivity contribution in [2.45, 2.75) is 25.2 Å². The van der Waals surface area contributed by atoms with Crippen LogP contribution in [0.15, 0.2) is 66.7 Å². The predicted molar refractivity (Wildman–Crippen MR) is 156 cm³/mol. The van der Waals surface area contributed by atoms with E-state index in [2.05, 4.69) is 10.0 Å². The molecule has 5 rings (SSSR count). The van der Waals surface area contributed by atoms with Gasteiger partial charge in [-0.25, -0.2) is 18.2 Å². The normalized spacial score (nSPS) is 19.0. The van der Waals surface area contributed by atoms with Crippen molar-refractivity contribution < 1.29 is 22.8 Å². The van der Waals surface area contributed by atoms with Crippen molar-refractivity contribution in [3.05, 3.63) is 77.9 Å². The fourth-order valence-electron chi connectivity index (χ4n) is 5.65. The van der Waals surface area contributed by atoms with E-state index in [0.29, 0.717) is 12.2 Å². The number of nitrogens with one attached hydrogen (secondary N) is 2. The van der Waals surface area contributed by atoms with Crippen molar-refractivity contribution in [2.75, 3.05) is 37.7 Å². The molecule has 0 saturated carbocycles. The highest BCUT2D eigenvalue weighted by molar-refractivity contribution is 7.92. The fourth-order valence-corrected chi connectivity index (χ4v) is 6.21. The number of nitrogens with zero attached hydrogens (tertiary/aromatic N) is 5. The molecule has 0 radical (unpaired) electrons. The summed E-state index contributed by atoms with van der Waals surface area (Å²) in [6, 6.07) is 21.0. The molecular weight excluding hydrogens is 558 g/mol. The van der Waals surface area contributed by atoms with Crippen LogP contribution in [0.1, 0.15) is 11.1 Å². The zero-order valence-corrected chi connectivity index (χ0v) is 24.0. The molecule has 4 amide bonds. The van der Waals surface area contributed by atoms with Crippen LogP contribution in [0.5, 0.6) is 0 Å². The van der Waals surface area contributed by atoms with Crippen LogP contribution in [0.4, 0.5) is 10.5 Å². The van der Waals surface area contributed by atoms with Crippen LogP contribution in [0, 0.1) is 11.3 Å². The van der Waals surface area contributed by atoms with Crippen LogP contribution < -0.4 is 10.0 Å². The second-order valence-electron chi connectivity index (χ2n) is 10.3. The minimum Gasteiger partial charge on any atom is -0.340 e. The molecule has 2 aliphatic rings. The number of anilines is 1. The van der Waals surface area contributed by atoms with Crippen LogP contribution in [0.2, 0.25) is 0 Å². The van der Waals surface area contributed by atoms with Crippen LogP contribution in [0.25, 0.3) is 10.8 Å². The number of hydrazine groups is 1. The SMILES string of the molecule is CNC(=O)N(CC#N)N1CC(=O)N2[C@@H](Cc3ccc(NS(C)(=O)=O)cc3)C(=O)N(Cc3cccc4ccccc34)C[C@@H]21. The summed E-state index contributed by atoms with van der Waals surface area (Å²) < 4.78 is 25.6. The number of nitriles is 1. The largest absolute Gasteiger partial charge is 0.340 e. The van der Waals surface area contributed by atoms with Gasteiger partial charge in [-0.15, -0.1) is 0 Å². The average Bonchev–Trinajstić information content (AvgIpc) is 3.29. The molecule has 42 heavy (non-hydrogen) atoms. The Morgan fingerprint density at radius 2 is 1.79 bits per heavy atom. The van der Waals surface area contributed by atoms with Gasteiger partial charge in [-0.1, -0.05) is 54.6 Å². The smallest absolute Gasteiger partial charge is 0.332 e. The number of urea groups is 1. The lowest BCUT2D eigenvalue weighted by Gasteiger charge is -2.46. The van der Waals surface area contributed by atoms with Gasteiger partial charge >= 0.3 is 6.03 Å². The number of amides is 4. The third-order valence-electron chi connectivity index (χ3n) is 7.47. The van der Waals surface area contributed by atoms with Crippen molar-refractivity contribution in [3.8, 4) is 6.07 Å². The maximum Gasteiger partial charge on any atom is 0.332 e. The molecule has 13 heteroatoms. The summed E-state index contributed by atoms with van der Waals surface area (Å²) in [6.45, 7) is -0.00413. The molecule has 0 aromatic heterocycles. The van der Waals surface area contributed by atoms with E-state index in [4.69, 9.17) is 0 Å². The van der Waals surface area contributed by atoms with E-state index in [0.717, 1.165) is 28.2 Å². The van der Waals surface area contributed by atoms with E-state index in [-0.39, 0.29) is 37.9 Å². The summed E-state index contributed by atoms with van der Waals surface area (Å²) in [7, 11) is -2.01. The summed E-state index contributed by atoms with van der Waals surface area (Å²) in [4.78, 5) is 43.4. The van der Waals surface area contributed by atoms with Gasteiger partial charge in [0.2, 0.25) is 21.8 Å². The highest BCUT2D eigenvalue weighted by Gasteiger charge is 2.52. The van der Waals surface area contributed by atoms with E-state index in [1.807, 2.05) is 48.5 Å². The zero-order chi connectivity index (χ0) is 30.0. The summed E-state index contributed by atoms with van der Waals surface area (Å²) in [5.41, 5.74) is 2.05. The number of fused-ring (bicyclic) bond motifs is 2. The first-order valence-electron chi connectivity index (χ1n) is 13.4. The lowest BCUT2D eigenvalue weighted by molar-refractivity contribution is -0.157. The molecule has 0 unspecified atom stereocenters.